The minimum Gasteiger partial charge on any atom is -0.311 e. The van der Waals surface area contributed by atoms with Crippen LogP contribution in [-0.2, 0) is 0 Å². The van der Waals surface area contributed by atoms with Crippen LogP contribution in [-0.4, -0.2) is 13.4 Å². The molecular weight excluding hydrogens is 578 g/mol. The largest absolute Gasteiger partial charge is 0.311 e. The van der Waals surface area contributed by atoms with E-state index in [1.807, 2.05) is 0 Å². The molecule has 0 aromatic heterocycles. The van der Waals surface area contributed by atoms with Gasteiger partial charge in [-0.05, 0) is 78.2 Å². The quantitative estimate of drug-likeness (QED) is 0.200. The molecule has 7 aromatic carbocycles. The number of hydrogen-bond acceptors (Lipinski definition) is 2. The van der Waals surface area contributed by atoms with Crippen LogP contribution >= 0.6 is 0 Å². The van der Waals surface area contributed by atoms with Crippen molar-refractivity contribution < 1.29 is 0 Å². The third kappa shape index (κ3) is 4.44. The number of fused-ring (bicyclic) bond motifs is 4. The Morgan fingerprint density at radius 3 is 1.08 bits per heavy atom. The molecule has 0 N–H and O–H groups in total. The first kappa shape index (κ1) is 28.5. The second-order valence-corrected chi connectivity index (χ2v) is 13.0. The first-order valence-corrected chi connectivity index (χ1v) is 16.9. The molecule has 7 aromatic rings. The third-order valence-corrected chi connectivity index (χ3v) is 10.3. The van der Waals surface area contributed by atoms with Gasteiger partial charge in [-0.1, -0.05) is 149 Å². The highest BCUT2D eigenvalue weighted by Gasteiger charge is 2.41. The van der Waals surface area contributed by atoms with Crippen molar-refractivity contribution in [3.63, 3.8) is 0 Å². The van der Waals surface area contributed by atoms with Crippen LogP contribution in [0.4, 0.5) is 34.1 Å². The molecule has 0 bridgehead atoms. The molecule has 0 aliphatic carbocycles. The number of anilines is 6. The fourth-order valence-electron chi connectivity index (χ4n) is 8.13. The van der Waals surface area contributed by atoms with Crippen molar-refractivity contribution in [2.45, 2.75) is 13.8 Å². The van der Waals surface area contributed by atoms with Gasteiger partial charge in [0.25, 0.3) is 0 Å². The van der Waals surface area contributed by atoms with Crippen molar-refractivity contribution in [3.8, 4) is 0 Å². The van der Waals surface area contributed by atoms with Gasteiger partial charge in [0.1, 0.15) is 0 Å². The number of rotatable bonds is 4. The highest BCUT2D eigenvalue weighted by molar-refractivity contribution is 7.01. The topological polar surface area (TPSA) is 6.48 Å². The summed E-state index contributed by atoms with van der Waals surface area (Å²) in [5, 5.41) is 0. The second kappa shape index (κ2) is 11.5. The Kier molecular flexibility index (Phi) is 6.83. The highest BCUT2D eigenvalue weighted by atomic mass is 15.2. The van der Waals surface area contributed by atoms with Crippen LogP contribution in [0.15, 0.2) is 170 Å². The third-order valence-electron chi connectivity index (χ3n) is 10.3. The normalized spacial score (nSPS) is 13.0. The molecule has 0 saturated carbocycles. The lowest BCUT2D eigenvalue weighted by atomic mass is 9.31. The van der Waals surface area contributed by atoms with Gasteiger partial charge in [0.2, 0.25) is 13.4 Å². The van der Waals surface area contributed by atoms with Gasteiger partial charge in [0.05, 0.1) is 0 Å². The van der Waals surface area contributed by atoms with Crippen LogP contribution in [0.2, 0.25) is 0 Å². The fourth-order valence-corrected chi connectivity index (χ4v) is 8.13. The summed E-state index contributed by atoms with van der Waals surface area (Å²) < 4.78 is 0. The predicted molar refractivity (Wildman–Crippen MR) is 207 cm³/mol. The Morgan fingerprint density at radius 1 is 0.312 bits per heavy atom. The molecule has 4 heteroatoms. The van der Waals surface area contributed by atoms with Gasteiger partial charge in [-0.15, -0.1) is 0 Å². The van der Waals surface area contributed by atoms with E-state index in [1.165, 1.54) is 66.7 Å². The Bertz CT molecular complexity index is 2140. The molecule has 0 atom stereocenters. The Morgan fingerprint density at radius 2 is 0.667 bits per heavy atom. The van der Waals surface area contributed by atoms with Crippen LogP contribution in [0.5, 0.6) is 0 Å². The average Bonchev–Trinajstić information content (AvgIpc) is 3.14. The molecule has 9 rings (SSSR count). The molecule has 2 heterocycles. The minimum absolute atomic E-state index is 0.0857. The lowest BCUT2D eigenvalue weighted by molar-refractivity contribution is 1.26. The summed E-state index contributed by atoms with van der Waals surface area (Å²) in [5.74, 6) is 0. The van der Waals surface area contributed by atoms with Crippen LogP contribution in [0, 0.1) is 13.8 Å². The molecule has 48 heavy (non-hydrogen) atoms. The van der Waals surface area contributed by atoms with Gasteiger partial charge < -0.3 is 9.80 Å². The van der Waals surface area contributed by atoms with Crippen molar-refractivity contribution in [1.82, 2.24) is 0 Å². The summed E-state index contributed by atoms with van der Waals surface area (Å²) in [5.41, 5.74) is 17.8. The van der Waals surface area contributed by atoms with E-state index >= 15 is 0 Å². The zero-order valence-electron chi connectivity index (χ0n) is 27.2. The fraction of sp³-hybridized carbons (Fsp3) is 0.0455. The summed E-state index contributed by atoms with van der Waals surface area (Å²) in [6, 6.07) is 62.5. The summed E-state index contributed by atoms with van der Waals surface area (Å²) in [4.78, 5) is 4.96. The number of nitrogens with zero attached hydrogens (tertiary/aromatic N) is 2. The predicted octanol–water partition coefficient (Wildman–Crippen LogP) is 6.90. The zero-order valence-corrected chi connectivity index (χ0v) is 27.2. The maximum absolute atomic E-state index is 2.55. The molecule has 0 unspecified atom stereocenters. The molecule has 0 amide bonds. The molecule has 0 saturated heterocycles. The van der Waals surface area contributed by atoms with Gasteiger partial charge in [0.15, 0.2) is 0 Å². The number of aryl methyl sites for hydroxylation is 2. The van der Waals surface area contributed by atoms with Gasteiger partial charge in [-0.2, -0.15) is 0 Å². The van der Waals surface area contributed by atoms with Crippen molar-refractivity contribution in [2.75, 3.05) is 9.80 Å². The van der Waals surface area contributed by atoms with Gasteiger partial charge >= 0.3 is 0 Å². The van der Waals surface area contributed by atoms with Crippen LogP contribution < -0.4 is 42.6 Å². The highest BCUT2D eigenvalue weighted by Crippen LogP contribution is 2.41. The molecular formula is C44H34B2N2. The number of hydrogen-bond donors (Lipinski definition) is 0. The molecule has 2 aliphatic heterocycles. The molecule has 0 radical (unpaired) electrons. The average molecular weight is 612 g/mol. The summed E-state index contributed by atoms with van der Waals surface area (Å²) in [6.45, 7) is 4.68. The van der Waals surface area contributed by atoms with E-state index in [1.54, 1.807) is 0 Å². The van der Waals surface area contributed by atoms with E-state index in [2.05, 4.69) is 194 Å². The number of para-hydroxylation sites is 4. The SMILES string of the molecule is Cc1ccccc1B1c2ccccc2N(c2ccccc2)c2cc3c(cc21)B(c1ccccc1C)c1ccccc1N3c1ccccc1. The van der Waals surface area contributed by atoms with Crippen LogP contribution in [0.25, 0.3) is 0 Å². The van der Waals surface area contributed by atoms with E-state index in [0.29, 0.717) is 0 Å². The molecule has 0 fully saturated rings. The Labute approximate surface area is 284 Å². The lowest BCUT2D eigenvalue weighted by Gasteiger charge is -2.42. The van der Waals surface area contributed by atoms with Crippen molar-refractivity contribution in [3.05, 3.63) is 181 Å². The van der Waals surface area contributed by atoms with Crippen molar-refractivity contribution in [2.24, 2.45) is 0 Å². The second-order valence-electron chi connectivity index (χ2n) is 13.0. The van der Waals surface area contributed by atoms with E-state index in [9.17, 15) is 0 Å². The Hall–Kier alpha value is -5.73. The zero-order chi connectivity index (χ0) is 32.2. The van der Waals surface area contributed by atoms with Crippen molar-refractivity contribution >= 4 is 80.3 Å². The van der Waals surface area contributed by atoms with Crippen LogP contribution in [0.1, 0.15) is 11.1 Å². The Balaban J connectivity index is 1.41. The molecule has 2 nitrogen and oxygen atoms in total. The number of benzene rings is 7. The van der Waals surface area contributed by atoms with E-state index in [-0.39, 0.29) is 13.4 Å². The summed E-state index contributed by atoms with van der Waals surface area (Å²) in [7, 11) is 0. The summed E-state index contributed by atoms with van der Waals surface area (Å²) in [6.07, 6.45) is 0. The first-order valence-electron chi connectivity index (χ1n) is 16.9. The standard InChI is InChI=1S/C44H34B2N2/c1-31-17-9-11-23-35(31)45-37-25-13-15-27-41(37)47(33-19-5-3-6-20-33)43-30-44-40(29-39(43)45)46(36-24-12-10-18-32(36)2)38-26-14-16-28-42(38)48(44)34-21-7-4-8-22-34/h3-30H,1-2H3. The molecule has 2 aliphatic rings. The van der Waals surface area contributed by atoms with Gasteiger partial charge in [0, 0.05) is 34.1 Å². The smallest absolute Gasteiger partial charge is 0.246 e. The van der Waals surface area contributed by atoms with Gasteiger partial charge in [-0.25, -0.2) is 0 Å². The van der Waals surface area contributed by atoms with E-state index < -0.39 is 0 Å². The summed E-state index contributed by atoms with van der Waals surface area (Å²) >= 11 is 0. The maximum atomic E-state index is 2.55. The van der Waals surface area contributed by atoms with E-state index in [0.717, 1.165) is 11.4 Å². The van der Waals surface area contributed by atoms with Crippen molar-refractivity contribution in [1.29, 1.82) is 0 Å². The first-order chi connectivity index (χ1) is 23.7. The maximum Gasteiger partial charge on any atom is 0.246 e. The lowest BCUT2D eigenvalue weighted by Crippen LogP contribution is -2.62. The minimum atomic E-state index is 0.0857. The molecule has 0 spiro atoms. The van der Waals surface area contributed by atoms with Gasteiger partial charge in [-0.3, -0.25) is 0 Å². The monoisotopic (exact) mass is 612 g/mol. The van der Waals surface area contributed by atoms with E-state index in [4.69, 9.17) is 0 Å². The molecule has 226 valence electrons. The van der Waals surface area contributed by atoms with Crippen LogP contribution in [0.3, 0.4) is 0 Å².